The van der Waals surface area contributed by atoms with Gasteiger partial charge in [0.05, 0.1) is 31.6 Å². The van der Waals surface area contributed by atoms with Crippen molar-refractivity contribution in [1.82, 2.24) is 15.3 Å². The first-order valence-corrected chi connectivity index (χ1v) is 9.32. The lowest BCUT2D eigenvalue weighted by atomic mass is 10.1. The predicted molar refractivity (Wildman–Crippen MR) is 108 cm³/mol. The third-order valence-corrected chi connectivity index (χ3v) is 4.32. The lowest BCUT2D eigenvalue weighted by molar-refractivity contribution is -0.122. The van der Waals surface area contributed by atoms with Gasteiger partial charge in [-0.25, -0.2) is 4.98 Å². The van der Waals surface area contributed by atoms with Crippen molar-refractivity contribution in [2.24, 2.45) is 0 Å². The number of hydrogen-bond donors (Lipinski definition) is 2. The van der Waals surface area contributed by atoms with E-state index in [0.717, 1.165) is 22.8 Å². The number of amides is 1. The maximum Gasteiger partial charge on any atom is 0.220 e. The molecule has 0 fully saturated rings. The summed E-state index contributed by atoms with van der Waals surface area (Å²) in [5.41, 5.74) is 1.86. The van der Waals surface area contributed by atoms with E-state index in [0.29, 0.717) is 25.3 Å². The molecular formula is C22H25N3O3. The monoisotopic (exact) mass is 379 g/mol. The molecule has 1 amide bonds. The van der Waals surface area contributed by atoms with Gasteiger partial charge in [-0.2, -0.15) is 0 Å². The van der Waals surface area contributed by atoms with Crippen LogP contribution in [0.4, 0.5) is 0 Å². The van der Waals surface area contributed by atoms with Crippen LogP contribution in [0, 0.1) is 0 Å². The van der Waals surface area contributed by atoms with Crippen LogP contribution in [0.25, 0.3) is 11.3 Å². The fraction of sp³-hybridized carbons (Fsp3) is 0.273. The summed E-state index contributed by atoms with van der Waals surface area (Å²) in [6, 6.07) is 17.1. The fourth-order valence-corrected chi connectivity index (χ4v) is 2.82. The van der Waals surface area contributed by atoms with Gasteiger partial charge in [-0.3, -0.25) is 4.79 Å². The molecular weight excluding hydrogens is 354 g/mol. The van der Waals surface area contributed by atoms with E-state index in [-0.39, 0.29) is 11.9 Å². The summed E-state index contributed by atoms with van der Waals surface area (Å²) in [5, 5.41) is 2.97. The number of ether oxygens (including phenoxy) is 2. The lowest BCUT2D eigenvalue weighted by Crippen LogP contribution is -2.27. The summed E-state index contributed by atoms with van der Waals surface area (Å²) in [6.07, 6.45) is 2.82. The van der Waals surface area contributed by atoms with Crippen LogP contribution in [-0.4, -0.2) is 29.6 Å². The third kappa shape index (κ3) is 5.36. The summed E-state index contributed by atoms with van der Waals surface area (Å²) in [7, 11) is 1.64. The average Bonchev–Trinajstić information content (AvgIpc) is 3.22. The van der Waals surface area contributed by atoms with Gasteiger partial charge in [-0.1, -0.05) is 30.3 Å². The van der Waals surface area contributed by atoms with Gasteiger partial charge in [0.15, 0.2) is 0 Å². The van der Waals surface area contributed by atoms with E-state index in [1.807, 2.05) is 61.5 Å². The highest BCUT2D eigenvalue weighted by Gasteiger charge is 2.13. The molecule has 146 valence electrons. The Morgan fingerprint density at radius 1 is 1.14 bits per heavy atom. The number of nitrogens with zero attached hydrogens (tertiary/aromatic N) is 1. The molecule has 28 heavy (non-hydrogen) atoms. The predicted octanol–water partition coefficient (Wildman–Crippen LogP) is 4.12. The van der Waals surface area contributed by atoms with Crippen LogP contribution in [-0.2, 0) is 4.79 Å². The highest BCUT2D eigenvalue weighted by molar-refractivity contribution is 5.76. The van der Waals surface area contributed by atoms with Gasteiger partial charge in [-0.15, -0.1) is 0 Å². The van der Waals surface area contributed by atoms with Gasteiger partial charge in [0.2, 0.25) is 5.91 Å². The van der Waals surface area contributed by atoms with E-state index < -0.39 is 0 Å². The molecule has 0 unspecified atom stereocenters. The van der Waals surface area contributed by atoms with Crippen LogP contribution >= 0.6 is 0 Å². The van der Waals surface area contributed by atoms with E-state index in [9.17, 15) is 4.79 Å². The molecule has 0 aliphatic heterocycles. The molecule has 1 aromatic heterocycles. The van der Waals surface area contributed by atoms with Crippen molar-refractivity contribution in [2.45, 2.75) is 25.8 Å². The molecule has 2 aromatic carbocycles. The molecule has 0 aliphatic rings. The average molecular weight is 379 g/mol. The molecule has 1 atom stereocenters. The van der Waals surface area contributed by atoms with E-state index in [4.69, 9.17) is 9.47 Å². The molecule has 3 rings (SSSR count). The van der Waals surface area contributed by atoms with Crippen molar-refractivity contribution in [3.8, 4) is 22.8 Å². The smallest absolute Gasteiger partial charge is 0.220 e. The van der Waals surface area contributed by atoms with Crippen LogP contribution in [0.2, 0.25) is 0 Å². The lowest BCUT2D eigenvalue weighted by Gasteiger charge is -2.12. The van der Waals surface area contributed by atoms with E-state index in [1.165, 1.54) is 0 Å². The SMILES string of the molecule is COc1cccc(-c2cnc([C@H](C)NC(=O)CCCOc3ccccc3)[nH]2)c1. The molecule has 0 saturated heterocycles. The molecule has 2 N–H and O–H groups in total. The Hall–Kier alpha value is -3.28. The van der Waals surface area contributed by atoms with Crippen LogP contribution in [0.15, 0.2) is 60.8 Å². The summed E-state index contributed by atoms with van der Waals surface area (Å²) >= 11 is 0. The number of para-hydroxylation sites is 1. The van der Waals surface area contributed by atoms with Crippen LogP contribution in [0.3, 0.4) is 0 Å². The standard InChI is InChI=1S/C22H25N3O3/c1-16(24-21(26)12-7-13-28-18-9-4-3-5-10-18)22-23-15-20(25-22)17-8-6-11-19(14-17)27-2/h3-6,8-11,14-16H,7,12-13H2,1-2H3,(H,23,25)(H,24,26)/t16-/m0/s1. The summed E-state index contributed by atoms with van der Waals surface area (Å²) in [5.74, 6) is 2.29. The van der Waals surface area contributed by atoms with Gasteiger partial charge in [0, 0.05) is 12.0 Å². The molecule has 0 aliphatic carbocycles. The first kappa shape index (κ1) is 19.5. The third-order valence-electron chi connectivity index (χ3n) is 4.32. The Bertz CT molecular complexity index is 893. The fourth-order valence-electron chi connectivity index (χ4n) is 2.82. The number of aromatic nitrogens is 2. The molecule has 1 heterocycles. The second-order valence-electron chi connectivity index (χ2n) is 6.47. The van der Waals surface area contributed by atoms with Crippen LogP contribution in [0.1, 0.15) is 31.6 Å². The Morgan fingerprint density at radius 2 is 1.93 bits per heavy atom. The quantitative estimate of drug-likeness (QED) is 0.548. The number of methoxy groups -OCH3 is 1. The Morgan fingerprint density at radius 3 is 2.71 bits per heavy atom. The first-order chi connectivity index (χ1) is 13.7. The zero-order valence-electron chi connectivity index (χ0n) is 16.1. The van der Waals surface area contributed by atoms with Gasteiger partial charge in [-0.05, 0) is 37.6 Å². The number of hydrogen-bond acceptors (Lipinski definition) is 4. The Kier molecular flexibility index (Phi) is 6.68. The van der Waals surface area contributed by atoms with Gasteiger partial charge < -0.3 is 19.8 Å². The molecule has 6 nitrogen and oxygen atoms in total. The largest absolute Gasteiger partial charge is 0.497 e. The minimum atomic E-state index is -0.207. The number of imidazole rings is 1. The highest BCUT2D eigenvalue weighted by atomic mass is 16.5. The number of rotatable bonds is 9. The number of carbonyl (C=O) groups is 1. The topological polar surface area (TPSA) is 76.2 Å². The Balaban J connectivity index is 1.47. The zero-order valence-corrected chi connectivity index (χ0v) is 16.1. The summed E-state index contributed by atoms with van der Waals surface area (Å²) in [4.78, 5) is 19.8. The van der Waals surface area contributed by atoms with Gasteiger partial charge >= 0.3 is 0 Å². The minimum absolute atomic E-state index is 0.0245. The summed E-state index contributed by atoms with van der Waals surface area (Å²) < 4.78 is 10.9. The number of aromatic amines is 1. The molecule has 0 bridgehead atoms. The van der Waals surface area contributed by atoms with Crippen molar-refractivity contribution in [3.63, 3.8) is 0 Å². The van der Waals surface area contributed by atoms with Gasteiger partial charge in [0.1, 0.15) is 17.3 Å². The second-order valence-corrected chi connectivity index (χ2v) is 6.47. The maximum atomic E-state index is 12.2. The number of nitrogens with one attached hydrogen (secondary N) is 2. The number of benzene rings is 2. The number of carbonyl (C=O) groups excluding carboxylic acids is 1. The van der Waals surface area contributed by atoms with E-state index in [2.05, 4.69) is 15.3 Å². The van der Waals surface area contributed by atoms with Crippen molar-refractivity contribution in [2.75, 3.05) is 13.7 Å². The summed E-state index contributed by atoms with van der Waals surface area (Å²) in [6.45, 7) is 2.42. The first-order valence-electron chi connectivity index (χ1n) is 9.32. The van der Waals surface area contributed by atoms with Crippen LogP contribution < -0.4 is 14.8 Å². The van der Waals surface area contributed by atoms with Crippen molar-refractivity contribution in [3.05, 3.63) is 66.6 Å². The van der Waals surface area contributed by atoms with Gasteiger partial charge in [0.25, 0.3) is 0 Å². The molecule has 0 saturated carbocycles. The van der Waals surface area contributed by atoms with Crippen molar-refractivity contribution >= 4 is 5.91 Å². The van der Waals surface area contributed by atoms with Crippen LogP contribution in [0.5, 0.6) is 11.5 Å². The normalized spacial score (nSPS) is 11.6. The molecule has 3 aromatic rings. The molecule has 0 radical (unpaired) electrons. The van der Waals surface area contributed by atoms with E-state index in [1.54, 1.807) is 13.3 Å². The highest BCUT2D eigenvalue weighted by Crippen LogP contribution is 2.23. The number of H-pyrrole nitrogens is 1. The molecule has 6 heteroatoms. The van der Waals surface area contributed by atoms with Crippen molar-refractivity contribution < 1.29 is 14.3 Å². The zero-order chi connectivity index (χ0) is 19.8. The van der Waals surface area contributed by atoms with E-state index >= 15 is 0 Å². The Labute approximate surface area is 164 Å². The molecule has 0 spiro atoms. The second kappa shape index (κ2) is 9.60. The maximum absolute atomic E-state index is 12.2. The minimum Gasteiger partial charge on any atom is -0.497 e. The van der Waals surface area contributed by atoms with Crippen molar-refractivity contribution in [1.29, 1.82) is 0 Å².